The molecule has 0 aromatic heterocycles. The largest absolute Gasteiger partial charge is 0.478 e. The second-order valence-electron chi connectivity index (χ2n) is 4.95. The molecule has 5 nitrogen and oxygen atoms in total. The summed E-state index contributed by atoms with van der Waals surface area (Å²) in [5.41, 5.74) is -2.08. The smallest absolute Gasteiger partial charge is 0.336 e. The summed E-state index contributed by atoms with van der Waals surface area (Å²) in [5, 5.41) is 18.2. The van der Waals surface area contributed by atoms with Gasteiger partial charge in [0.2, 0.25) is 0 Å². The first-order valence-corrected chi connectivity index (χ1v) is 5.73. The Bertz CT molecular complexity index is 558. The summed E-state index contributed by atoms with van der Waals surface area (Å²) in [4.78, 5) is 24.3. The predicted octanol–water partition coefficient (Wildman–Crippen LogP) is 1.51. The molecule has 1 rings (SSSR count). The molecule has 1 aromatic carbocycles. The van der Waals surface area contributed by atoms with Gasteiger partial charge in [0.05, 0.1) is 23.3 Å². The van der Waals surface area contributed by atoms with Gasteiger partial charge in [-0.15, -0.1) is 0 Å². The third kappa shape index (κ3) is 2.93. The Morgan fingerprint density at radius 1 is 1.20 bits per heavy atom. The van der Waals surface area contributed by atoms with Crippen LogP contribution in [-0.2, 0) is 0 Å². The number of rotatable bonds is 4. The average Bonchev–Trinajstić information content (AvgIpc) is 2.39. The number of carboxylic acids is 1. The molecule has 0 atom stereocenters. The van der Waals surface area contributed by atoms with Gasteiger partial charge in [0.25, 0.3) is 5.91 Å². The fraction of sp³-hybridized carbons (Fsp3) is 0.385. The van der Waals surface area contributed by atoms with Crippen molar-refractivity contribution in [1.29, 1.82) is 0 Å². The van der Waals surface area contributed by atoms with E-state index in [1.807, 2.05) is 0 Å². The van der Waals surface area contributed by atoms with Crippen LogP contribution in [0.1, 0.15) is 34.6 Å². The zero-order valence-corrected chi connectivity index (χ0v) is 11.3. The minimum absolute atomic E-state index is 0.374. The van der Waals surface area contributed by atoms with Crippen LogP contribution in [-0.4, -0.2) is 46.2 Å². The predicted molar refractivity (Wildman–Crippen MR) is 66.6 cm³/mol. The lowest BCUT2D eigenvalue weighted by Crippen LogP contribution is -2.48. The fourth-order valence-electron chi connectivity index (χ4n) is 1.46. The molecule has 0 fully saturated rings. The Morgan fingerprint density at radius 3 is 2.05 bits per heavy atom. The SMILES string of the molecule is CN(C(=O)c1cc(F)c(F)cc1C(=O)O)C(C)(C)CO. The summed E-state index contributed by atoms with van der Waals surface area (Å²) in [6.45, 7) is 2.72. The van der Waals surface area contributed by atoms with Gasteiger partial charge in [0, 0.05) is 7.05 Å². The van der Waals surface area contributed by atoms with Crippen LogP contribution in [0.2, 0.25) is 0 Å². The first kappa shape index (κ1) is 16.0. The lowest BCUT2D eigenvalue weighted by atomic mass is 10.0. The lowest BCUT2D eigenvalue weighted by molar-refractivity contribution is 0.0465. The van der Waals surface area contributed by atoms with Crippen LogP contribution in [0.5, 0.6) is 0 Å². The number of hydrogen-bond donors (Lipinski definition) is 2. The normalized spacial score (nSPS) is 11.3. The van der Waals surface area contributed by atoms with Crippen molar-refractivity contribution in [1.82, 2.24) is 4.90 Å². The summed E-state index contributed by atoms with van der Waals surface area (Å²) in [5.74, 6) is -5.01. The summed E-state index contributed by atoms with van der Waals surface area (Å²) in [7, 11) is 1.34. The number of aromatic carboxylic acids is 1. The number of nitrogens with zero attached hydrogens (tertiary/aromatic N) is 1. The second-order valence-corrected chi connectivity index (χ2v) is 4.95. The van der Waals surface area contributed by atoms with E-state index in [0.29, 0.717) is 12.1 Å². The number of carbonyl (C=O) groups excluding carboxylic acids is 1. The van der Waals surface area contributed by atoms with Gasteiger partial charge in [-0.2, -0.15) is 0 Å². The van der Waals surface area contributed by atoms with Gasteiger partial charge >= 0.3 is 5.97 Å². The van der Waals surface area contributed by atoms with Crippen molar-refractivity contribution in [3.05, 3.63) is 34.9 Å². The Morgan fingerprint density at radius 2 is 1.65 bits per heavy atom. The minimum Gasteiger partial charge on any atom is -0.478 e. The van der Waals surface area contributed by atoms with Crippen LogP contribution < -0.4 is 0 Å². The minimum atomic E-state index is -1.54. The maximum atomic E-state index is 13.2. The van der Waals surface area contributed by atoms with Gasteiger partial charge in [-0.05, 0) is 26.0 Å². The molecule has 0 spiro atoms. The van der Waals surface area contributed by atoms with Crippen LogP contribution in [0.4, 0.5) is 8.78 Å². The fourth-order valence-corrected chi connectivity index (χ4v) is 1.46. The topological polar surface area (TPSA) is 77.8 Å². The van der Waals surface area contributed by atoms with Crippen molar-refractivity contribution in [2.24, 2.45) is 0 Å². The molecule has 0 radical (unpaired) electrons. The number of halogens is 2. The molecule has 0 unspecified atom stereocenters. The Hall–Kier alpha value is -2.02. The Balaban J connectivity index is 3.35. The number of hydrogen-bond acceptors (Lipinski definition) is 3. The van der Waals surface area contributed by atoms with Crippen molar-refractivity contribution in [3.8, 4) is 0 Å². The summed E-state index contributed by atoms with van der Waals surface area (Å²) in [6.07, 6.45) is 0. The molecule has 20 heavy (non-hydrogen) atoms. The maximum Gasteiger partial charge on any atom is 0.336 e. The van der Waals surface area contributed by atoms with Gasteiger partial charge in [0.1, 0.15) is 0 Å². The highest BCUT2D eigenvalue weighted by Crippen LogP contribution is 2.20. The molecule has 1 aromatic rings. The number of aliphatic hydroxyl groups is 1. The number of carbonyl (C=O) groups is 2. The number of likely N-dealkylation sites (N-methyl/N-ethyl adjacent to an activating group) is 1. The van der Waals surface area contributed by atoms with Crippen LogP contribution in [0.3, 0.4) is 0 Å². The maximum absolute atomic E-state index is 13.2. The van der Waals surface area contributed by atoms with Crippen molar-refractivity contribution >= 4 is 11.9 Å². The molecule has 110 valence electrons. The zero-order chi connectivity index (χ0) is 15.7. The van der Waals surface area contributed by atoms with Gasteiger partial charge in [-0.1, -0.05) is 0 Å². The molecule has 2 N–H and O–H groups in total. The van der Waals surface area contributed by atoms with Crippen molar-refractivity contribution in [3.63, 3.8) is 0 Å². The highest BCUT2D eigenvalue weighted by Gasteiger charge is 2.30. The van der Waals surface area contributed by atoms with E-state index in [0.717, 1.165) is 4.90 Å². The van der Waals surface area contributed by atoms with Crippen LogP contribution >= 0.6 is 0 Å². The molecule has 0 saturated carbocycles. The van der Waals surface area contributed by atoms with Crippen molar-refractivity contribution in [2.45, 2.75) is 19.4 Å². The number of amides is 1. The number of carboxylic acid groups (broad SMARTS) is 1. The molecule has 0 aliphatic rings. The molecular formula is C13H15F2NO4. The molecule has 0 heterocycles. The van der Waals surface area contributed by atoms with Crippen LogP contribution in [0.15, 0.2) is 12.1 Å². The van der Waals surface area contributed by atoms with Gasteiger partial charge < -0.3 is 15.1 Å². The molecule has 0 bridgehead atoms. The quantitative estimate of drug-likeness (QED) is 0.880. The molecule has 0 aliphatic carbocycles. The summed E-state index contributed by atoms with van der Waals surface area (Å²) >= 11 is 0. The molecule has 7 heteroatoms. The standard InChI is InChI=1S/C13H15F2NO4/c1-13(2,6-17)16(3)11(18)7-4-9(14)10(15)5-8(7)12(19)20/h4-5,17H,6H2,1-3H3,(H,19,20). The van der Waals surface area contributed by atoms with Gasteiger partial charge in [-0.25, -0.2) is 13.6 Å². The average molecular weight is 287 g/mol. The molecule has 0 saturated heterocycles. The van der Waals surface area contributed by atoms with E-state index in [1.165, 1.54) is 7.05 Å². The molecule has 1 amide bonds. The first-order chi connectivity index (χ1) is 9.11. The van der Waals surface area contributed by atoms with Crippen molar-refractivity contribution < 1.29 is 28.6 Å². The highest BCUT2D eigenvalue weighted by atomic mass is 19.2. The third-order valence-electron chi connectivity index (χ3n) is 3.12. The Labute approximate surface area is 114 Å². The van der Waals surface area contributed by atoms with E-state index < -0.39 is 40.2 Å². The van der Waals surface area contributed by atoms with Gasteiger partial charge in [-0.3, -0.25) is 4.79 Å². The molecular weight excluding hydrogens is 272 g/mol. The van der Waals surface area contributed by atoms with E-state index in [-0.39, 0.29) is 6.61 Å². The number of aliphatic hydroxyl groups excluding tert-OH is 1. The van der Waals surface area contributed by atoms with E-state index in [4.69, 9.17) is 5.11 Å². The highest BCUT2D eigenvalue weighted by molar-refractivity contribution is 6.05. The monoisotopic (exact) mass is 287 g/mol. The Kier molecular flexibility index (Phi) is 4.44. The van der Waals surface area contributed by atoms with E-state index >= 15 is 0 Å². The van der Waals surface area contributed by atoms with Crippen molar-refractivity contribution in [2.75, 3.05) is 13.7 Å². The second kappa shape index (κ2) is 5.54. The zero-order valence-electron chi connectivity index (χ0n) is 11.3. The molecule has 0 aliphatic heterocycles. The van der Waals surface area contributed by atoms with Crippen LogP contribution in [0.25, 0.3) is 0 Å². The van der Waals surface area contributed by atoms with Crippen LogP contribution in [0, 0.1) is 11.6 Å². The van der Waals surface area contributed by atoms with E-state index in [9.17, 15) is 23.5 Å². The first-order valence-electron chi connectivity index (χ1n) is 5.73. The van der Waals surface area contributed by atoms with E-state index in [2.05, 4.69) is 0 Å². The summed E-state index contributed by atoms with van der Waals surface area (Å²) in [6, 6.07) is 1.01. The third-order valence-corrected chi connectivity index (χ3v) is 3.12. The number of benzene rings is 1. The lowest BCUT2D eigenvalue weighted by Gasteiger charge is -2.34. The summed E-state index contributed by atoms with van der Waals surface area (Å²) < 4.78 is 26.3. The van der Waals surface area contributed by atoms with Gasteiger partial charge in [0.15, 0.2) is 11.6 Å². The van der Waals surface area contributed by atoms with E-state index in [1.54, 1.807) is 13.8 Å².